The number of hydrogen-bond donors (Lipinski definition) is 1. The van der Waals surface area contributed by atoms with Crippen molar-refractivity contribution in [3.05, 3.63) is 16.7 Å². The summed E-state index contributed by atoms with van der Waals surface area (Å²) < 4.78 is 3.23. The lowest BCUT2D eigenvalue weighted by Gasteiger charge is -2.31. The number of hydrogen-bond acceptors (Lipinski definition) is 2. The molecule has 1 aromatic rings. The minimum Gasteiger partial charge on any atom is -0.337 e. The maximum absolute atomic E-state index is 5.40. The maximum atomic E-state index is 5.40. The van der Waals surface area contributed by atoms with Crippen molar-refractivity contribution in [1.29, 1.82) is 0 Å². The molecular weight excluding hydrogens is 218 g/mol. The van der Waals surface area contributed by atoms with Gasteiger partial charge in [0.15, 0.2) is 4.77 Å². The number of nitrogens with one attached hydrogen (secondary N) is 1. The monoisotopic (exact) mass is 239 g/mol. The minimum absolute atomic E-state index is 0.535. The Hall–Kier alpha value is -0.610. The highest BCUT2D eigenvalue weighted by Crippen LogP contribution is 2.26. The van der Waals surface area contributed by atoms with E-state index in [-0.39, 0.29) is 0 Å². The SMILES string of the molecule is CC(C)c1c[nH]c(=S)n1C1CCN(C)CC1. The highest BCUT2D eigenvalue weighted by atomic mass is 32.1. The molecule has 0 unspecified atom stereocenters. The van der Waals surface area contributed by atoms with E-state index in [2.05, 4.69) is 41.5 Å². The van der Waals surface area contributed by atoms with E-state index in [9.17, 15) is 0 Å². The Balaban J connectivity index is 2.26. The van der Waals surface area contributed by atoms with Crippen LogP contribution in [0.1, 0.15) is 44.3 Å². The number of H-pyrrole nitrogens is 1. The molecular formula is C12H21N3S. The maximum Gasteiger partial charge on any atom is 0.177 e. The second kappa shape index (κ2) is 4.72. The molecule has 0 saturated carbocycles. The van der Waals surface area contributed by atoms with E-state index < -0.39 is 0 Å². The van der Waals surface area contributed by atoms with Gasteiger partial charge < -0.3 is 14.5 Å². The average Bonchev–Trinajstić information content (AvgIpc) is 2.62. The largest absolute Gasteiger partial charge is 0.337 e. The Labute approximate surface area is 102 Å². The summed E-state index contributed by atoms with van der Waals surface area (Å²) in [7, 11) is 2.19. The zero-order valence-corrected chi connectivity index (χ0v) is 11.2. The third kappa shape index (κ3) is 2.23. The van der Waals surface area contributed by atoms with Crippen molar-refractivity contribution in [3.8, 4) is 0 Å². The summed E-state index contributed by atoms with van der Waals surface area (Å²) in [6, 6.07) is 0.590. The molecule has 90 valence electrons. The van der Waals surface area contributed by atoms with Gasteiger partial charge in [0.25, 0.3) is 0 Å². The predicted molar refractivity (Wildman–Crippen MR) is 69.5 cm³/mol. The van der Waals surface area contributed by atoms with Gasteiger partial charge >= 0.3 is 0 Å². The summed E-state index contributed by atoms with van der Waals surface area (Å²) in [6.07, 6.45) is 4.50. The summed E-state index contributed by atoms with van der Waals surface area (Å²) in [5, 5.41) is 0. The molecule has 0 spiro atoms. The van der Waals surface area contributed by atoms with Gasteiger partial charge in [0.1, 0.15) is 0 Å². The molecule has 3 nitrogen and oxygen atoms in total. The zero-order valence-electron chi connectivity index (χ0n) is 10.4. The van der Waals surface area contributed by atoms with Gasteiger partial charge in [-0.2, -0.15) is 0 Å². The third-order valence-electron chi connectivity index (χ3n) is 3.49. The normalized spacial score (nSPS) is 19.5. The molecule has 0 aliphatic carbocycles. The van der Waals surface area contributed by atoms with Gasteiger partial charge in [-0.3, -0.25) is 0 Å². The van der Waals surface area contributed by atoms with Crippen LogP contribution in [0.4, 0.5) is 0 Å². The van der Waals surface area contributed by atoms with Crippen LogP contribution in [0.25, 0.3) is 0 Å². The fourth-order valence-electron chi connectivity index (χ4n) is 2.47. The van der Waals surface area contributed by atoms with E-state index >= 15 is 0 Å². The Morgan fingerprint density at radius 2 is 2.00 bits per heavy atom. The van der Waals surface area contributed by atoms with Crippen LogP contribution >= 0.6 is 12.2 Å². The van der Waals surface area contributed by atoms with Crippen molar-refractivity contribution in [2.24, 2.45) is 0 Å². The molecule has 1 saturated heterocycles. The highest BCUT2D eigenvalue weighted by Gasteiger charge is 2.21. The van der Waals surface area contributed by atoms with Crippen LogP contribution in [0.2, 0.25) is 0 Å². The predicted octanol–water partition coefficient (Wildman–Crippen LogP) is 2.94. The van der Waals surface area contributed by atoms with Crippen molar-refractivity contribution < 1.29 is 0 Å². The zero-order chi connectivity index (χ0) is 11.7. The van der Waals surface area contributed by atoms with E-state index in [0.29, 0.717) is 12.0 Å². The van der Waals surface area contributed by atoms with Gasteiger partial charge in [-0.1, -0.05) is 13.8 Å². The van der Waals surface area contributed by atoms with Gasteiger partial charge in [-0.05, 0) is 51.1 Å². The first-order valence-electron chi connectivity index (χ1n) is 6.08. The van der Waals surface area contributed by atoms with Crippen LogP contribution < -0.4 is 0 Å². The summed E-state index contributed by atoms with van der Waals surface area (Å²) in [4.78, 5) is 5.58. The number of piperidine rings is 1. The van der Waals surface area contributed by atoms with Crippen molar-refractivity contribution in [1.82, 2.24) is 14.5 Å². The van der Waals surface area contributed by atoms with Crippen LogP contribution in [0, 0.1) is 4.77 Å². The first-order chi connectivity index (χ1) is 7.59. The quantitative estimate of drug-likeness (QED) is 0.802. The molecule has 1 aliphatic rings. The van der Waals surface area contributed by atoms with Crippen molar-refractivity contribution in [2.75, 3.05) is 20.1 Å². The van der Waals surface area contributed by atoms with Gasteiger partial charge in [-0.25, -0.2) is 0 Å². The summed E-state index contributed by atoms with van der Waals surface area (Å²) in [5.74, 6) is 0.535. The van der Waals surface area contributed by atoms with Gasteiger partial charge in [-0.15, -0.1) is 0 Å². The molecule has 0 bridgehead atoms. The van der Waals surface area contributed by atoms with E-state index in [1.165, 1.54) is 31.6 Å². The van der Waals surface area contributed by atoms with E-state index in [0.717, 1.165) is 4.77 Å². The van der Waals surface area contributed by atoms with Crippen LogP contribution in [0.15, 0.2) is 6.20 Å². The van der Waals surface area contributed by atoms with Gasteiger partial charge in [0, 0.05) is 17.9 Å². The first-order valence-corrected chi connectivity index (χ1v) is 6.48. The molecule has 2 rings (SSSR count). The Morgan fingerprint density at radius 1 is 1.38 bits per heavy atom. The van der Waals surface area contributed by atoms with Crippen LogP contribution in [-0.2, 0) is 0 Å². The smallest absolute Gasteiger partial charge is 0.177 e. The minimum atomic E-state index is 0.535. The molecule has 16 heavy (non-hydrogen) atoms. The third-order valence-corrected chi connectivity index (χ3v) is 3.80. The Morgan fingerprint density at radius 3 is 2.56 bits per heavy atom. The fraction of sp³-hybridized carbons (Fsp3) is 0.750. The standard InChI is InChI=1S/C12H21N3S/c1-9(2)11-8-13-12(16)15(11)10-4-6-14(3)7-5-10/h8-10H,4-7H2,1-3H3,(H,13,16). The van der Waals surface area contributed by atoms with E-state index in [1.54, 1.807) is 0 Å². The highest BCUT2D eigenvalue weighted by molar-refractivity contribution is 7.71. The number of likely N-dealkylation sites (tertiary alicyclic amines) is 1. The molecule has 0 aromatic carbocycles. The average molecular weight is 239 g/mol. The van der Waals surface area contributed by atoms with Crippen molar-refractivity contribution in [2.45, 2.75) is 38.6 Å². The lowest BCUT2D eigenvalue weighted by molar-refractivity contribution is 0.217. The topological polar surface area (TPSA) is 24.0 Å². The number of nitrogens with zero attached hydrogens (tertiary/aromatic N) is 2. The molecule has 1 aromatic heterocycles. The lowest BCUT2D eigenvalue weighted by Crippen LogP contribution is -2.32. The molecule has 1 N–H and O–H groups in total. The molecule has 4 heteroatoms. The second-order valence-electron chi connectivity index (χ2n) is 5.08. The summed E-state index contributed by atoms with van der Waals surface area (Å²) in [6.45, 7) is 6.80. The molecule has 2 heterocycles. The number of aromatic nitrogens is 2. The summed E-state index contributed by atoms with van der Waals surface area (Å²) in [5.41, 5.74) is 1.35. The van der Waals surface area contributed by atoms with Crippen LogP contribution in [0.5, 0.6) is 0 Å². The van der Waals surface area contributed by atoms with E-state index in [4.69, 9.17) is 12.2 Å². The van der Waals surface area contributed by atoms with Crippen molar-refractivity contribution in [3.63, 3.8) is 0 Å². The first kappa shape index (κ1) is 11.9. The Bertz CT molecular complexity index is 397. The molecule has 1 aliphatic heterocycles. The molecule has 0 radical (unpaired) electrons. The Kier molecular flexibility index (Phi) is 3.50. The molecule has 0 amide bonds. The number of rotatable bonds is 2. The lowest BCUT2D eigenvalue weighted by atomic mass is 10.0. The van der Waals surface area contributed by atoms with Crippen molar-refractivity contribution >= 4 is 12.2 Å². The van der Waals surface area contributed by atoms with Crippen LogP contribution in [-0.4, -0.2) is 34.6 Å². The number of imidazole rings is 1. The van der Waals surface area contributed by atoms with Gasteiger partial charge in [0.05, 0.1) is 0 Å². The number of aromatic amines is 1. The molecule has 1 fully saturated rings. The van der Waals surface area contributed by atoms with E-state index in [1.807, 2.05) is 0 Å². The van der Waals surface area contributed by atoms with Crippen LogP contribution in [0.3, 0.4) is 0 Å². The molecule has 0 atom stereocenters. The van der Waals surface area contributed by atoms with Gasteiger partial charge in [0.2, 0.25) is 0 Å². The second-order valence-corrected chi connectivity index (χ2v) is 5.46. The fourth-order valence-corrected chi connectivity index (χ4v) is 2.78. The summed E-state index contributed by atoms with van der Waals surface area (Å²) >= 11 is 5.40.